The van der Waals surface area contributed by atoms with Gasteiger partial charge in [0.1, 0.15) is 5.82 Å². The average molecular weight is 344 g/mol. The van der Waals surface area contributed by atoms with Gasteiger partial charge in [0.2, 0.25) is 5.91 Å². The molecule has 5 nitrogen and oxygen atoms in total. The van der Waals surface area contributed by atoms with Gasteiger partial charge in [-0.3, -0.25) is 4.79 Å². The maximum Gasteiger partial charge on any atom is 0.227 e. The van der Waals surface area contributed by atoms with Crippen LogP contribution in [0.4, 0.5) is 4.39 Å². The molecule has 1 aliphatic rings. The van der Waals surface area contributed by atoms with Gasteiger partial charge in [0.05, 0.1) is 17.8 Å². The summed E-state index contributed by atoms with van der Waals surface area (Å²) >= 11 is 0. The maximum atomic E-state index is 13.1. The van der Waals surface area contributed by atoms with Gasteiger partial charge in [-0.1, -0.05) is 0 Å². The maximum absolute atomic E-state index is 13.1. The van der Waals surface area contributed by atoms with Gasteiger partial charge in [0.25, 0.3) is 0 Å². The van der Waals surface area contributed by atoms with E-state index in [2.05, 4.69) is 12.0 Å². The van der Waals surface area contributed by atoms with Gasteiger partial charge in [0.15, 0.2) is 0 Å². The van der Waals surface area contributed by atoms with E-state index in [0.717, 1.165) is 35.6 Å². The van der Waals surface area contributed by atoms with Gasteiger partial charge in [0, 0.05) is 23.8 Å². The Bertz CT molecular complexity index is 768. The van der Waals surface area contributed by atoms with Crippen molar-refractivity contribution in [3.8, 4) is 5.69 Å². The van der Waals surface area contributed by atoms with Crippen LogP contribution < -0.4 is 5.73 Å². The number of hydrogen-bond donors (Lipinski definition) is 1. The molecule has 2 atom stereocenters. The van der Waals surface area contributed by atoms with Crippen molar-refractivity contribution in [2.45, 2.75) is 39.7 Å². The minimum Gasteiger partial charge on any atom is -0.339 e. The molecular weight excluding hydrogens is 319 g/mol. The molecule has 134 valence electrons. The number of likely N-dealkylation sites (tertiary alicyclic amines) is 1. The van der Waals surface area contributed by atoms with Crippen molar-refractivity contribution in [2.75, 3.05) is 13.1 Å². The second kappa shape index (κ2) is 6.96. The number of hydrogen-bond acceptors (Lipinski definition) is 3. The van der Waals surface area contributed by atoms with Crippen molar-refractivity contribution in [1.82, 2.24) is 14.7 Å². The number of nitrogens with zero attached hydrogens (tertiary/aromatic N) is 3. The van der Waals surface area contributed by atoms with E-state index in [-0.39, 0.29) is 17.8 Å². The Morgan fingerprint density at radius 3 is 2.60 bits per heavy atom. The van der Waals surface area contributed by atoms with Gasteiger partial charge in [-0.15, -0.1) is 0 Å². The van der Waals surface area contributed by atoms with Crippen LogP contribution in [0, 0.1) is 25.6 Å². The van der Waals surface area contributed by atoms with Crippen molar-refractivity contribution in [3.05, 3.63) is 47.0 Å². The number of halogens is 1. The highest BCUT2D eigenvalue weighted by Crippen LogP contribution is 2.25. The lowest BCUT2D eigenvalue weighted by Gasteiger charge is -2.21. The number of benzene rings is 1. The van der Waals surface area contributed by atoms with Crippen molar-refractivity contribution in [3.63, 3.8) is 0 Å². The molecule has 0 saturated carbocycles. The summed E-state index contributed by atoms with van der Waals surface area (Å²) in [6.07, 6.45) is 1.30. The molecule has 2 heterocycles. The Labute approximate surface area is 147 Å². The Balaban J connectivity index is 1.81. The normalized spacial score (nSPS) is 20.3. The molecule has 1 aliphatic heterocycles. The van der Waals surface area contributed by atoms with Gasteiger partial charge < -0.3 is 10.6 Å². The smallest absolute Gasteiger partial charge is 0.227 e. The molecule has 1 fully saturated rings. The summed E-state index contributed by atoms with van der Waals surface area (Å²) in [4.78, 5) is 14.7. The molecular formula is C19H25FN4O. The minimum absolute atomic E-state index is 0.119. The highest BCUT2D eigenvalue weighted by Gasteiger charge is 2.32. The standard InChI is InChI=1S/C19H25FN4O/c1-12-8-15(10-21)11-23(12)19(25)9-18-13(2)22-24(14(18)3)17-6-4-16(20)5-7-17/h4-7,12,15H,8-11,21H2,1-3H3. The first kappa shape index (κ1) is 17.6. The number of rotatable bonds is 4. The van der Waals surface area contributed by atoms with E-state index in [1.165, 1.54) is 12.1 Å². The predicted molar refractivity (Wildman–Crippen MR) is 95.0 cm³/mol. The first-order chi connectivity index (χ1) is 11.9. The lowest BCUT2D eigenvalue weighted by Crippen LogP contribution is -2.35. The highest BCUT2D eigenvalue weighted by atomic mass is 19.1. The Morgan fingerprint density at radius 1 is 1.32 bits per heavy atom. The first-order valence-electron chi connectivity index (χ1n) is 8.71. The zero-order valence-electron chi connectivity index (χ0n) is 15.0. The van der Waals surface area contributed by atoms with Crippen LogP contribution in [-0.2, 0) is 11.2 Å². The van der Waals surface area contributed by atoms with Crippen LogP contribution in [-0.4, -0.2) is 39.7 Å². The molecule has 2 N–H and O–H groups in total. The van der Waals surface area contributed by atoms with Gasteiger partial charge >= 0.3 is 0 Å². The van der Waals surface area contributed by atoms with Gasteiger partial charge in [-0.25, -0.2) is 9.07 Å². The Morgan fingerprint density at radius 2 is 2.00 bits per heavy atom. The molecule has 0 spiro atoms. The third kappa shape index (κ3) is 3.44. The fourth-order valence-electron chi connectivity index (χ4n) is 3.68. The molecule has 1 amide bonds. The minimum atomic E-state index is -0.279. The molecule has 6 heteroatoms. The molecule has 2 unspecified atom stereocenters. The van der Waals surface area contributed by atoms with Crippen LogP contribution in [0.1, 0.15) is 30.3 Å². The summed E-state index contributed by atoms with van der Waals surface area (Å²) < 4.78 is 14.9. The summed E-state index contributed by atoms with van der Waals surface area (Å²) in [6.45, 7) is 7.29. The number of carbonyl (C=O) groups excluding carboxylic acids is 1. The molecule has 25 heavy (non-hydrogen) atoms. The van der Waals surface area contributed by atoms with E-state index in [9.17, 15) is 9.18 Å². The topological polar surface area (TPSA) is 64.2 Å². The third-order valence-corrected chi connectivity index (χ3v) is 5.16. The van der Waals surface area contributed by atoms with Crippen molar-refractivity contribution in [1.29, 1.82) is 0 Å². The van der Waals surface area contributed by atoms with Crippen LogP contribution in [0.2, 0.25) is 0 Å². The van der Waals surface area contributed by atoms with Crippen LogP contribution in [0.25, 0.3) is 5.69 Å². The largest absolute Gasteiger partial charge is 0.339 e. The van der Waals surface area contributed by atoms with Crippen molar-refractivity contribution in [2.24, 2.45) is 11.7 Å². The number of aryl methyl sites for hydroxylation is 1. The first-order valence-corrected chi connectivity index (χ1v) is 8.71. The van der Waals surface area contributed by atoms with Crippen LogP contribution >= 0.6 is 0 Å². The van der Waals surface area contributed by atoms with Crippen molar-refractivity contribution < 1.29 is 9.18 Å². The molecule has 2 aromatic rings. The quantitative estimate of drug-likeness (QED) is 0.926. The second-order valence-corrected chi connectivity index (χ2v) is 6.95. The van der Waals surface area contributed by atoms with E-state index < -0.39 is 0 Å². The molecule has 0 radical (unpaired) electrons. The van der Waals surface area contributed by atoms with Crippen LogP contribution in [0.5, 0.6) is 0 Å². The van der Waals surface area contributed by atoms with Crippen LogP contribution in [0.15, 0.2) is 24.3 Å². The summed E-state index contributed by atoms with van der Waals surface area (Å²) in [6, 6.07) is 6.43. The highest BCUT2D eigenvalue weighted by molar-refractivity contribution is 5.80. The number of amides is 1. The SMILES string of the molecule is Cc1nn(-c2ccc(F)cc2)c(C)c1CC(=O)N1CC(CN)CC1C. The fourth-order valence-corrected chi connectivity index (χ4v) is 3.68. The van der Waals surface area contributed by atoms with E-state index in [1.54, 1.807) is 16.8 Å². The van der Waals surface area contributed by atoms with E-state index in [4.69, 9.17) is 5.73 Å². The molecule has 1 saturated heterocycles. The Hall–Kier alpha value is -2.21. The predicted octanol–water partition coefficient (Wildman–Crippen LogP) is 2.37. The zero-order valence-corrected chi connectivity index (χ0v) is 15.0. The average Bonchev–Trinajstić information content (AvgIpc) is 3.10. The zero-order chi connectivity index (χ0) is 18.1. The molecule has 1 aromatic carbocycles. The molecule has 0 aliphatic carbocycles. The van der Waals surface area contributed by atoms with Crippen LogP contribution in [0.3, 0.4) is 0 Å². The number of nitrogens with two attached hydrogens (primary N) is 1. The van der Waals surface area contributed by atoms with E-state index in [0.29, 0.717) is 18.9 Å². The van der Waals surface area contributed by atoms with E-state index >= 15 is 0 Å². The summed E-state index contributed by atoms with van der Waals surface area (Å²) in [5, 5.41) is 4.54. The molecule has 1 aromatic heterocycles. The lowest BCUT2D eigenvalue weighted by molar-refractivity contribution is -0.131. The molecule has 3 rings (SSSR count). The van der Waals surface area contributed by atoms with Crippen molar-refractivity contribution >= 4 is 5.91 Å². The molecule has 0 bridgehead atoms. The third-order valence-electron chi connectivity index (χ3n) is 5.16. The summed E-state index contributed by atoms with van der Waals surface area (Å²) in [5.74, 6) is 0.231. The Kier molecular flexibility index (Phi) is 4.90. The van der Waals surface area contributed by atoms with Gasteiger partial charge in [-0.05, 0) is 63.9 Å². The van der Waals surface area contributed by atoms with E-state index in [1.807, 2.05) is 18.7 Å². The summed E-state index contributed by atoms with van der Waals surface area (Å²) in [5.41, 5.74) is 9.24. The summed E-state index contributed by atoms with van der Waals surface area (Å²) in [7, 11) is 0. The second-order valence-electron chi connectivity index (χ2n) is 6.95. The fraction of sp³-hybridized carbons (Fsp3) is 0.474. The number of aromatic nitrogens is 2. The number of carbonyl (C=O) groups is 1. The van der Waals surface area contributed by atoms with Gasteiger partial charge in [-0.2, -0.15) is 5.10 Å². The monoisotopic (exact) mass is 344 g/mol. The lowest BCUT2D eigenvalue weighted by atomic mass is 10.1.